The summed E-state index contributed by atoms with van der Waals surface area (Å²) in [5.41, 5.74) is 3.68. The number of hydrogen-bond donors (Lipinski definition) is 1. The molecule has 23 heavy (non-hydrogen) atoms. The summed E-state index contributed by atoms with van der Waals surface area (Å²) in [6.45, 7) is 6.78. The fraction of sp³-hybridized carbons (Fsp3) is 0.647. The van der Waals surface area contributed by atoms with Gasteiger partial charge in [0.1, 0.15) is 0 Å². The van der Waals surface area contributed by atoms with Crippen molar-refractivity contribution in [3.8, 4) is 0 Å². The van der Waals surface area contributed by atoms with E-state index in [4.69, 9.17) is 0 Å². The molecular formula is C17H27N5S. The van der Waals surface area contributed by atoms with Crippen molar-refractivity contribution in [2.75, 3.05) is 24.6 Å². The molecule has 0 saturated heterocycles. The monoisotopic (exact) mass is 333 g/mol. The lowest BCUT2D eigenvalue weighted by Crippen LogP contribution is -2.38. The summed E-state index contributed by atoms with van der Waals surface area (Å²) < 4.78 is 1.98. The molecule has 2 aromatic heterocycles. The topological polar surface area (TPSA) is 49.7 Å². The minimum atomic E-state index is 0.229. The van der Waals surface area contributed by atoms with E-state index in [0.29, 0.717) is 0 Å². The number of aryl methyl sites for hydroxylation is 1. The summed E-state index contributed by atoms with van der Waals surface area (Å²) >= 11 is 2.07. The van der Waals surface area contributed by atoms with Gasteiger partial charge in [-0.05, 0) is 36.5 Å². The highest BCUT2D eigenvalue weighted by Gasteiger charge is 2.32. The molecule has 0 amide bonds. The Kier molecular flexibility index (Phi) is 5.43. The molecule has 126 valence electrons. The Hall–Kier alpha value is -1.27. The highest BCUT2D eigenvalue weighted by atomic mass is 32.2. The van der Waals surface area contributed by atoms with Gasteiger partial charge in [0, 0.05) is 31.9 Å². The Morgan fingerprint density at radius 2 is 2.30 bits per heavy atom. The van der Waals surface area contributed by atoms with Crippen LogP contribution < -0.4 is 0 Å². The molecule has 1 aliphatic rings. The van der Waals surface area contributed by atoms with Crippen molar-refractivity contribution in [3.63, 3.8) is 0 Å². The number of fused-ring (bicyclic) bond motifs is 1. The molecule has 0 saturated carbocycles. The van der Waals surface area contributed by atoms with Crippen molar-refractivity contribution in [2.45, 2.75) is 32.7 Å². The quantitative estimate of drug-likeness (QED) is 0.792. The molecule has 3 rings (SSSR count). The predicted molar refractivity (Wildman–Crippen MR) is 95.7 cm³/mol. The fourth-order valence-electron chi connectivity index (χ4n) is 3.23. The van der Waals surface area contributed by atoms with E-state index in [1.165, 1.54) is 35.0 Å². The highest BCUT2D eigenvalue weighted by Crippen LogP contribution is 2.33. The van der Waals surface area contributed by atoms with Crippen LogP contribution in [0, 0.1) is 5.92 Å². The Bertz CT molecular complexity index is 618. The molecule has 0 bridgehead atoms. The standard InChI is InChI=1S/C17H27N5S/c1-13(2)11-23-10-4-8-22-9-6-14-16(19-12-18-14)17(22)15-5-7-20-21(15)3/h5,7,12-13,17H,4,6,8-11H2,1-3H3,(H,18,19). The molecule has 0 aromatic carbocycles. The molecule has 0 fully saturated rings. The minimum Gasteiger partial charge on any atom is -0.348 e. The van der Waals surface area contributed by atoms with Crippen LogP contribution in [-0.4, -0.2) is 49.2 Å². The van der Waals surface area contributed by atoms with E-state index in [1.54, 1.807) is 0 Å². The van der Waals surface area contributed by atoms with E-state index in [-0.39, 0.29) is 6.04 Å². The maximum atomic E-state index is 4.61. The molecule has 2 aromatic rings. The maximum absolute atomic E-state index is 4.61. The van der Waals surface area contributed by atoms with Crippen LogP contribution >= 0.6 is 11.8 Å². The molecule has 0 spiro atoms. The van der Waals surface area contributed by atoms with Crippen molar-refractivity contribution < 1.29 is 0 Å². The maximum Gasteiger partial charge on any atom is 0.0965 e. The molecule has 0 aliphatic carbocycles. The number of hydrogen-bond acceptors (Lipinski definition) is 4. The summed E-state index contributed by atoms with van der Waals surface area (Å²) in [5, 5.41) is 4.36. The lowest BCUT2D eigenvalue weighted by molar-refractivity contribution is 0.203. The Balaban J connectivity index is 1.68. The van der Waals surface area contributed by atoms with Crippen LogP contribution in [-0.2, 0) is 13.5 Å². The lowest BCUT2D eigenvalue weighted by atomic mass is 9.99. The number of thioether (sulfide) groups is 1. The molecule has 1 N–H and O–H groups in total. The van der Waals surface area contributed by atoms with Gasteiger partial charge in [-0.3, -0.25) is 9.58 Å². The third kappa shape index (κ3) is 3.80. The summed E-state index contributed by atoms with van der Waals surface area (Å²) in [6.07, 6.45) is 6.00. The second-order valence-electron chi connectivity index (χ2n) is 6.66. The minimum absolute atomic E-state index is 0.229. The zero-order valence-electron chi connectivity index (χ0n) is 14.3. The van der Waals surface area contributed by atoms with Crippen molar-refractivity contribution in [1.29, 1.82) is 0 Å². The Morgan fingerprint density at radius 3 is 3.04 bits per heavy atom. The van der Waals surface area contributed by atoms with E-state index >= 15 is 0 Å². The normalized spacial score (nSPS) is 18.5. The van der Waals surface area contributed by atoms with Gasteiger partial charge in [0.2, 0.25) is 0 Å². The molecule has 5 nitrogen and oxygen atoms in total. The van der Waals surface area contributed by atoms with Crippen LogP contribution in [0.15, 0.2) is 18.6 Å². The van der Waals surface area contributed by atoms with Gasteiger partial charge in [0.25, 0.3) is 0 Å². The first-order chi connectivity index (χ1) is 11.2. The summed E-state index contributed by atoms with van der Waals surface area (Å²) in [7, 11) is 2.02. The molecule has 1 atom stereocenters. The first kappa shape index (κ1) is 16.6. The van der Waals surface area contributed by atoms with Crippen LogP contribution in [0.25, 0.3) is 0 Å². The zero-order valence-corrected chi connectivity index (χ0v) is 15.1. The van der Waals surface area contributed by atoms with Gasteiger partial charge in [-0.1, -0.05) is 13.8 Å². The smallest absolute Gasteiger partial charge is 0.0965 e. The zero-order chi connectivity index (χ0) is 16.2. The van der Waals surface area contributed by atoms with E-state index in [2.05, 4.69) is 51.6 Å². The van der Waals surface area contributed by atoms with Gasteiger partial charge < -0.3 is 4.98 Å². The van der Waals surface area contributed by atoms with Crippen molar-refractivity contribution in [3.05, 3.63) is 35.7 Å². The Labute approximate surface area is 142 Å². The summed E-state index contributed by atoms with van der Waals surface area (Å²) in [4.78, 5) is 10.5. The van der Waals surface area contributed by atoms with E-state index in [1.807, 2.05) is 24.3 Å². The molecule has 3 heterocycles. The molecule has 1 unspecified atom stereocenters. The van der Waals surface area contributed by atoms with E-state index in [0.717, 1.165) is 25.4 Å². The summed E-state index contributed by atoms with van der Waals surface area (Å²) in [6, 6.07) is 2.35. The van der Waals surface area contributed by atoms with Crippen LogP contribution in [0.3, 0.4) is 0 Å². The molecule has 6 heteroatoms. The van der Waals surface area contributed by atoms with Gasteiger partial charge in [-0.25, -0.2) is 4.98 Å². The Morgan fingerprint density at radius 1 is 1.43 bits per heavy atom. The SMILES string of the molecule is CC(C)CSCCCN1CCc2[nH]cnc2C1c1ccnn1C. The van der Waals surface area contributed by atoms with Gasteiger partial charge in [0.05, 0.1) is 23.8 Å². The van der Waals surface area contributed by atoms with Crippen molar-refractivity contribution in [2.24, 2.45) is 13.0 Å². The molecule has 1 aliphatic heterocycles. The van der Waals surface area contributed by atoms with Crippen LogP contribution in [0.5, 0.6) is 0 Å². The van der Waals surface area contributed by atoms with Crippen molar-refractivity contribution >= 4 is 11.8 Å². The van der Waals surface area contributed by atoms with Gasteiger partial charge in [0.15, 0.2) is 0 Å². The third-order valence-electron chi connectivity index (χ3n) is 4.35. The first-order valence-corrected chi connectivity index (χ1v) is 9.64. The number of nitrogens with zero attached hydrogens (tertiary/aromatic N) is 4. The van der Waals surface area contributed by atoms with Gasteiger partial charge in [-0.2, -0.15) is 16.9 Å². The van der Waals surface area contributed by atoms with E-state index in [9.17, 15) is 0 Å². The number of aromatic nitrogens is 4. The number of H-pyrrole nitrogens is 1. The fourth-order valence-corrected chi connectivity index (χ4v) is 4.21. The number of nitrogens with one attached hydrogen (secondary N) is 1. The number of rotatable bonds is 7. The van der Waals surface area contributed by atoms with Gasteiger partial charge in [-0.15, -0.1) is 0 Å². The lowest BCUT2D eigenvalue weighted by Gasteiger charge is -2.34. The molecule has 0 radical (unpaired) electrons. The van der Waals surface area contributed by atoms with Gasteiger partial charge >= 0.3 is 0 Å². The predicted octanol–water partition coefficient (Wildman–Crippen LogP) is 2.87. The number of aromatic amines is 1. The third-order valence-corrected chi connectivity index (χ3v) is 5.83. The van der Waals surface area contributed by atoms with Crippen LogP contribution in [0.1, 0.15) is 43.4 Å². The summed E-state index contributed by atoms with van der Waals surface area (Å²) in [5.74, 6) is 3.28. The second-order valence-corrected chi connectivity index (χ2v) is 7.81. The van der Waals surface area contributed by atoms with E-state index < -0.39 is 0 Å². The average molecular weight is 334 g/mol. The first-order valence-electron chi connectivity index (χ1n) is 8.48. The van der Waals surface area contributed by atoms with Crippen LogP contribution in [0.4, 0.5) is 0 Å². The van der Waals surface area contributed by atoms with Crippen molar-refractivity contribution in [1.82, 2.24) is 24.6 Å². The largest absolute Gasteiger partial charge is 0.348 e. The number of imidazole rings is 1. The average Bonchev–Trinajstić information content (AvgIpc) is 3.15. The second kappa shape index (κ2) is 7.53. The van der Waals surface area contributed by atoms with Crippen LogP contribution in [0.2, 0.25) is 0 Å². The molecular weight excluding hydrogens is 306 g/mol. The highest BCUT2D eigenvalue weighted by molar-refractivity contribution is 7.99.